The molecule has 23 heavy (non-hydrogen) atoms. The van der Waals surface area contributed by atoms with E-state index in [9.17, 15) is 13.2 Å². The molecule has 1 aromatic rings. The highest BCUT2D eigenvalue weighted by Crippen LogP contribution is 2.13. The summed E-state index contributed by atoms with van der Waals surface area (Å²) in [5.74, 6) is 0.801. The van der Waals surface area contributed by atoms with Crippen LogP contribution in [-0.2, 0) is 9.84 Å². The molecular formula is C16H24N2O4S. The fourth-order valence-electron chi connectivity index (χ4n) is 2.41. The maximum Gasteiger partial charge on any atom is 0.317 e. The Hall–Kier alpha value is -1.76. The lowest BCUT2D eigenvalue weighted by Gasteiger charge is -2.20. The van der Waals surface area contributed by atoms with E-state index in [4.69, 9.17) is 4.74 Å². The number of hydrogen-bond acceptors (Lipinski definition) is 4. The Morgan fingerprint density at radius 2 is 2.17 bits per heavy atom. The number of benzene rings is 1. The van der Waals surface area contributed by atoms with E-state index in [-0.39, 0.29) is 23.6 Å². The lowest BCUT2D eigenvalue weighted by atomic mass is 10.2. The van der Waals surface area contributed by atoms with E-state index in [1.165, 1.54) is 0 Å². The molecule has 7 heteroatoms. The number of aryl methyl sites for hydroxylation is 1. The summed E-state index contributed by atoms with van der Waals surface area (Å²) in [4.78, 5) is 13.7. The first-order valence-electron chi connectivity index (χ1n) is 7.82. The van der Waals surface area contributed by atoms with Crippen LogP contribution >= 0.6 is 0 Å². The predicted molar refractivity (Wildman–Crippen MR) is 89.5 cm³/mol. The highest BCUT2D eigenvalue weighted by atomic mass is 32.2. The maximum atomic E-state index is 12.1. The molecule has 0 aliphatic carbocycles. The van der Waals surface area contributed by atoms with Crippen LogP contribution in [0.25, 0.3) is 0 Å². The molecule has 6 nitrogen and oxygen atoms in total. The number of ether oxygens (including phenoxy) is 1. The van der Waals surface area contributed by atoms with Crippen molar-refractivity contribution in [2.24, 2.45) is 0 Å². The van der Waals surface area contributed by atoms with Crippen molar-refractivity contribution in [3.63, 3.8) is 0 Å². The number of carbonyl (C=O) groups excluding carboxylic acids is 1. The van der Waals surface area contributed by atoms with Gasteiger partial charge in [-0.05, 0) is 38.0 Å². The number of carbonyl (C=O) groups is 1. The maximum absolute atomic E-state index is 12.1. The van der Waals surface area contributed by atoms with Gasteiger partial charge in [0.05, 0.1) is 17.5 Å². The number of amides is 2. The van der Waals surface area contributed by atoms with Gasteiger partial charge in [0, 0.05) is 13.1 Å². The van der Waals surface area contributed by atoms with E-state index < -0.39 is 9.84 Å². The van der Waals surface area contributed by atoms with Crippen LogP contribution in [0.2, 0.25) is 0 Å². The lowest BCUT2D eigenvalue weighted by Crippen LogP contribution is -2.42. The topological polar surface area (TPSA) is 75.7 Å². The Morgan fingerprint density at radius 3 is 2.91 bits per heavy atom. The molecule has 1 fully saturated rings. The molecule has 2 amide bonds. The average molecular weight is 340 g/mol. The van der Waals surface area contributed by atoms with Gasteiger partial charge in [0.15, 0.2) is 9.84 Å². The third-order valence-electron chi connectivity index (χ3n) is 3.99. The molecule has 0 unspecified atom stereocenters. The van der Waals surface area contributed by atoms with Gasteiger partial charge in [-0.1, -0.05) is 12.1 Å². The molecule has 0 bridgehead atoms. The summed E-state index contributed by atoms with van der Waals surface area (Å²) in [6.07, 6.45) is 0.482. The zero-order valence-electron chi connectivity index (χ0n) is 13.6. The van der Waals surface area contributed by atoms with Crippen molar-refractivity contribution in [1.82, 2.24) is 10.2 Å². The van der Waals surface area contributed by atoms with E-state index in [0.29, 0.717) is 26.1 Å². The zero-order chi connectivity index (χ0) is 16.9. The van der Waals surface area contributed by atoms with Gasteiger partial charge in [-0.15, -0.1) is 0 Å². The number of rotatable bonds is 4. The van der Waals surface area contributed by atoms with Crippen molar-refractivity contribution in [1.29, 1.82) is 0 Å². The van der Waals surface area contributed by atoms with Gasteiger partial charge in [-0.2, -0.15) is 0 Å². The molecule has 1 aliphatic heterocycles. The van der Waals surface area contributed by atoms with Crippen molar-refractivity contribution < 1.29 is 17.9 Å². The Morgan fingerprint density at radius 1 is 1.39 bits per heavy atom. The minimum atomic E-state index is -3.08. The molecule has 1 N–H and O–H groups in total. The monoisotopic (exact) mass is 340 g/mol. The quantitative estimate of drug-likeness (QED) is 0.845. The molecule has 0 aromatic heterocycles. The number of urea groups is 1. The second kappa shape index (κ2) is 7.68. The second-order valence-corrected chi connectivity index (χ2v) is 8.39. The summed E-state index contributed by atoms with van der Waals surface area (Å²) < 4.78 is 29.2. The molecule has 1 heterocycles. The number of sulfone groups is 1. The smallest absolute Gasteiger partial charge is 0.317 e. The van der Waals surface area contributed by atoms with Crippen LogP contribution in [0.1, 0.15) is 18.9 Å². The second-order valence-electron chi connectivity index (χ2n) is 5.85. The Balaban J connectivity index is 1.74. The summed E-state index contributed by atoms with van der Waals surface area (Å²) in [5, 5.41) is 2.39. The summed E-state index contributed by atoms with van der Waals surface area (Å²) >= 11 is 0. The normalized spacial score (nSPS) is 20.6. The molecule has 1 aliphatic rings. The van der Waals surface area contributed by atoms with Crippen LogP contribution in [0, 0.1) is 6.92 Å². The fourth-order valence-corrected chi connectivity index (χ4v) is 3.76. The van der Waals surface area contributed by atoms with Crippen LogP contribution < -0.4 is 10.1 Å². The molecular weight excluding hydrogens is 316 g/mol. The van der Waals surface area contributed by atoms with Gasteiger partial charge in [0.1, 0.15) is 12.4 Å². The standard InChI is InChI=1S/C16H24N2O4S/c1-13-4-3-5-15(12-13)22-10-7-17-16(19)18-8-6-14(2)23(20,21)11-9-18/h3-5,12,14H,6-11H2,1-2H3,(H,17,19)/t14-/m1/s1. The minimum Gasteiger partial charge on any atom is -0.492 e. The number of hydrogen-bond donors (Lipinski definition) is 1. The molecule has 128 valence electrons. The largest absolute Gasteiger partial charge is 0.492 e. The van der Waals surface area contributed by atoms with Gasteiger partial charge in [0.25, 0.3) is 0 Å². The summed E-state index contributed by atoms with van der Waals surface area (Å²) in [7, 11) is -3.08. The van der Waals surface area contributed by atoms with Gasteiger partial charge in [0.2, 0.25) is 0 Å². The first-order chi connectivity index (χ1) is 10.9. The Kier molecular flexibility index (Phi) is 5.87. The van der Waals surface area contributed by atoms with Crippen LogP contribution in [0.5, 0.6) is 5.75 Å². The fraction of sp³-hybridized carbons (Fsp3) is 0.562. The summed E-state index contributed by atoms with van der Waals surface area (Å²) in [6.45, 7) is 5.15. The number of nitrogens with zero attached hydrogens (tertiary/aromatic N) is 1. The van der Waals surface area contributed by atoms with Crippen LogP contribution in [0.15, 0.2) is 24.3 Å². The molecule has 0 spiro atoms. The zero-order valence-corrected chi connectivity index (χ0v) is 14.4. The minimum absolute atomic E-state index is 0.0291. The first kappa shape index (κ1) is 17.6. The molecule has 1 saturated heterocycles. The summed E-state index contributed by atoms with van der Waals surface area (Å²) in [5.41, 5.74) is 1.12. The highest BCUT2D eigenvalue weighted by Gasteiger charge is 2.28. The first-order valence-corrected chi connectivity index (χ1v) is 9.54. The van der Waals surface area contributed by atoms with Gasteiger partial charge in [-0.25, -0.2) is 13.2 Å². The molecule has 1 atom stereocenters. The average Bonchev–Trinajstić information content (AvgIpc) is 2.63. The van der Waals surface area contributed by atoms with Crippen molar-refractivity contribution in [3.8, 4) is 5.75 Å². The van der Waals surface area contributed by atoms with Crippen LogP contribution in [0.3, 0.4) is 0 Å². The molecule has 1 aromatic carbocycles. The molecule has 0 saturated carbocycles. The van der Waals surface area contributed by atoms with E-state index in [0.717, 1.165) is 11.3 Å². The van der Waals surface area contributed by atoms with Crippen molar-refractivity contribution in [3.05, 3.63) is 29.8 Å². The van der Waals surface area contributed by atoms with E-state index >= 15 is 0 Å². The molecule has 2 rings (SSSR count). The third-order valence-corrected chi connectivity index (χ3v) is 6.20. The lowest BCUT2D eigenvalue weighted by molar-refractivity contribution is 0.198. The van der Waals surface area contributed by atoms with Crippen molar-refractivity contribution in [2.45, 2.75) is 25.5 Å². The van der Waals surface area contributed by atoms with Crippen LogP contribution in [0.4, 0.5) is 4.79 Å². The van der Waals surface area contributed by atoms with Crippen LogP contribution in [-0.4, -0.2) is 56.6 Å². The highest BCUT2D eigenvalue weighted by molar-refractivity contribution is 7.92. The van der Waals surface area contributed by atoms with Crippen molar-refractivity contribution >= 4 is 15.9 Å². The Bertz CT molecular complexity index is 645. The number of nitrogens with one attached hydrogen (secondary N) is 1. The van der Waals surface area contributed by atoms with Crippen molar-refractivity contribution in [2.75, 3.05) is 32.0 Å². The van der Waals surface area contributed by atoms with E-state index in [2.05, 4.69) is 5.32 Å². The van der Waals surface area contributed by atoms with E-state index in [1.54, 1.807) is 11.8 Å². The third kappa shape index (κ3) is 5.13. The van der Waals surface area contributed by atoms with Gasteiger partial charge in [-0.3, -0.25) is 0 Å². The van der Waals surface area contributed by atoms with Gasteiger partial charge >= 0.3 is 6.03 Å². The SMILES string of the molecule is Cc1cccc(OCCNC(=O)N2CC[C@@H](C)S(=O)(=O)CC2)c1. The predicted octanol–water partition coefficient (Wildman–Crippen LogP) is 1.59. The van der Waals surface area contributed by atoms with Gasteiger partial charge < -0.3 is 15.0 Å². The van der Waals surface area contributed by atoms with E-state index in [1.807, 2.05) is 31.2 Å². The summed E-state index contributed by atoms with van der Waals surface area (Å²) in [6, 6.07) is 7.48. The Labute approximate surface area is 137 Å². The molecule has 0 radical (unpaired) electrons.